The largest absolute Gasteiger partial charge is 0.306 e. The van der Waals surface area contributed by atoms with Crippen molar-refractivity contribution in [2.75, 3.05) is 6.54 Å². The van der Waals surface area contributed by atoms with Crippen LogP contribution < -0.4 is 5.32 Å². The van der Waals surface area contributed by atoms with Gasteiger partial charge in [-0.15, -0.1) is 12.4 Å². The second-order valence-corrected chi connectivity index (χ2v) is 2.24. The summed E-state index contributed by atoms with van der Waals surface area (Å²) in [6.07, 6.45) is 2.54. The smallest absolute Gasteiger partial charge is 0.0502 e. The summed E-state index contributed by atoms with van der Waals surface area (Å²) in [5.41, 5.74) is 0. The molecule has 0 aromatic heterocycles. The normalized spacial score (nSPS) is 29.6. The van der Waals surface area contributed by atoms with E-state index in [0.29, 0.717) is 5.37 Å². The van der Waals surface area contributed by atoms with Gasteiger partial charge in [-0.25, -0.2) is 0 Å². The predicted octanol–water partition coefficient (Wildman–Crippen LogP) is 1.05. The highest BCUT2D eigenvalue weighted by molar-refractivity contribution is 7.80. The fourth-order valence-electron chi connectivity index (χ4n) is 0.666. The lowest BCUT2D eigenvalue weighted by atomic mass is 10.4. The molecule has 1 heterocycles. The van der Waals surface area contributed by atoms with E-state index >= 15 is 0 Å². The van der Waals surface area contributed by atoms with Crippen molar-refractivity contribution in [2.24, 2.45) is 0 Å². The van der Waals surface area contributed by atoms with Crippen molar-refractivity contribution >= 4 is 25.0 Å². The molecule has 1 aliphatic heterocycles. The molecule has 0 bridgehead atoms. The Morgan fingerprint density at radius 1 is 1.57 bits per heavy atom. The first-order valence-electron chi connectivity index (χ1n) is 2.31. The molecule has 0 radical (unpaired) electrons. The Morgan fingerprint density at radius 3 is 2.43 bits per heavy atom. The van der Waals surface area contributed by atoms with Crippen LogP contribution in [0, 0.1) is 0 Å². The monoisotopic (exact) mass is 139 g/mol. The van der Waals surface area contributed by atoms with Crippen LogP contribution in [0.2, 0.25) is 0 Å². The summed E-state index contributed by atoms with van der Waals surface area (Å²) in [5, 5.41) is 3.67. The lowest BCUT2D eigenvalue weighted by Crippen LogP contribution is -2.13. The standard InChI is InChI=1S/C4H9NS.ClH/c6-4-2-1-3-5-4;/h4-6H,1-3H2;1H/t4-;/m1./s1. The summed E-state index contributed by atoms with van der Waals surface area (Å²) in [6, 6.07) is 0. The maximum atomic E-state index is 4.18. The molecule has 0 aliphatic carbocycles. The average Bonchev–Trinajstić information content (AvgIpc) is 1.86. The van der Waals surface area contributed by atoms with Crippen molar-refractivity contribution in [1.29, 1.82) is 0 Å². The Hall–Kier alpha value is 0.600. The third-order valence-electron chi connectivity index (χ3n) is 1.03. The molecular weight excluding hydrogens is 130 g/mol. The zero-order valence-electron chi connectivity index (χ0n) is 4.05. The van der Waals surface area contributed by atoms with Gasteiger partial charge in [0.1, 0.15) is 0 Å². The first kappa shape index (κ1) is 7.60. The lowest BCUT2D eigenvalue weighted by molar-refractivity contribution is 0.812. The van der Waals surface area contributed by atoms with Crippen LogP contribution >= 0.6 is 25.0 Å². The fourth-order valence-corrected chi connectivity index (χ4v) is 0.978. The van der Waals surface area contributed by atoms with Gasteiger partial charge in [-0.05, 0) is 19.4 Å². The molecule has 1 rings (SSSR count). The third-order valence-corrected chi connectivity index (χ3v) is 1.48. The minimum Gasteiger partial charge on any atom is -0.306 e. The van der Waals surface area contributed by atoms with E-state index in [-0.39, 0.29) is 12.4 Å². The molecule has 1 saturated heterocycles. The molecule has 0 unspecified atom stereocenters. The maximum Gasteiger partial charge on any atom is 0.0502 e. The molecule has 7 heavy (non-hydrogen) atoms. The minimum atomic E-state index is 0. The van der Waals surface area contributed by atoms with Gasteiger partial charge in [0, 0.05) is 0 Å². The van der Waals surface area contributed by atoms with Crippen LogP contribution in [-0.2, 0) is 0 Å². The van der Waals surface area contributed by atoms with Gasteiger partial charge in [0.15, 0.2) is 0 Å². The predicted molar refractivity (Wildman–Crippen MR) is 37.3 cm³/mol. The zero-order valence-corrected chi connectivity index (χ0v) is 5.77. The highest BCUT2D eigenvalue weighted by Crippen LogP contribution is 2.06. The van der Waals surface area contributed by atoms with E-state index < -0.39 is 0 Å². The SMILES string of the molecule is Cl.S[C@@H]1CCCN1. The van der Waals surface area contributed by atoms with Gasteiger partial charge in [0.2, 0.25) is 0 Å². The van der Waals surface area contributed by atoms with E-state index in [9.17, 15) is 0 Å². The van der Waals surface area contributed by atoms with Gasteiger partial charge in [0.05, 0.1) is 5.37 Å². The third kappa shape index (κ3) is 2.42. The molecule has 0 amide bonds. The summed E-state index contributed by atoms with van der Waals surface area (Å²) in [7, 11) is 0. The number of halogens is 1. The van der Waals surface area contributed by atoms with Crippen LogP contribution in [0.25, 0.3) is 0 Å². The second kappa shape index (κ2) is 3.58. The van der Waals surface area contributed by atoms with Crippen LogP contribution in [0.5, 0.6) is 0 Å². The van der Waals surface area contributed by atoms with Gasteiger partial charge in [-0.2, -0.15) is 12.6 Å². The van der Waals surface area contributed by atoms with Gasteiger partial charge >= 0.3 is 0 Å². The van der Waals surface area contributed by atoms with Gasteiger partial charge in [-0.1, -0.05) is 0 Å². The summed E-state index contributed by atoms with van der Waals surface area (Å²) in [6.45, 7) is 1.16. The number of hydrogen-bond donors (Lipinski definition) is 2. The Kier molecular flexibility index (Phi) is 3.89. The Morgan fingerprint density at radius 2 is 2.29 bits per heavy atom. The Labute approximate surface area is 55.7 Å². The van der Waals surface area contributed by atoms with Crippen molar-refractivity contribution < 1.29 is 0 Å². The van der Waals surface area contributed by atoms with Crippen molar-refractivity contribution in [3.63, 3.8) is 0 Å². The number of rotatable bonds is 0. The van der Waals surface area contributed by atoms with Crippen LogP contribution in [-0.4, -0.2) is 11.9 Å². The molecule has 3 heteroatoms. The molecule has 1 fully saturated rings. The maximum absolute atomic E-state index is 4.18. The van der Waals surface area contributed by atoms with E-state index in [1.54, 1.807) is 0 Å². The second-order valence-electron chi connectivity index (χ2n) is 1.61. The molecule has 1 atom stereocenters. The number of hydrogen-bond acceptors (Lipinski definition) is 2. The molecular formula is C4H10ClNS. The van der Waals surface area contributed by atoms with E-state index in [2.05, 4.69) is 17.9 Å². The van der Waals surface area contributed by atoms with Gasteiger partial charge in [-0.3, -0.25) is 0 Å². The van der Waals surface area contributed by atoms with Gasteiger partial charge in [0.25, 0.3) is 0 Å². The molecule has 0 saturated carbocycles. The van der Waals surface area contributed by atoms with E-state index in [1.165, 1.54) is 12.8 Å². The van der Waals surface area contributed by atoms with Crippen molar-refractivity contribution in [1.82, 2.24) is 5.32 Å². The molecule has 0 spiro atoms. The summed E-state index contributed by atoms with van der Waals surface area (Å²) >= 11 is 4.18. The minimum absolute atomic E-state index is 0. The molecule has 0 aromatic rings. The number of nitrogens with one attached hydrogen (secondary N) is 1. The van der Waals surface area contributed by atoms with E-state index in [0.717, 1.165) is 6.54 Å². The number of thiol groups is 1. The van der Waals surface area contributed by atoms with Crippen molar-refractivity contribution in [2.45, 2.75) is 18.2 Å². The molecule has 1 nitrogen and oxygen atoms in total. The van der Waals surface area contributed by atoms with Crippen LogP contribution in [0.1, 0.15) is 12.8 Å². The van der Waals surface area contributed by atoms with Crippen molar-refractivity contribution in [3.05, 3.63) is 0 Å². The summed E-state index contributed by atoms with van der Waals surface area (Å²) < 4.78 is 0. The quantitative estimate of drug-likeness (QED) is 0.478. The lowest BCUT2D eigenvalue weighted by Gasteiger charge is -1.94. The molecule has 1 aliphatic rings. The molecule has 44 valence electrons. The Bertz CT molecular complexity index is 45.0. The average molecular weight is 140 g/mol. The van der Waals surface area contributed by atoms with Crippen molar-refractivity contribution in [3.8, 4) is 0 Å². The molecule has 1 N–H and O–H groups in total. The van der Waals surface area contributed by atoms with Crippen LogP contribution in [0.4, 0.5) is 0 Å². The zero-order chi connectivity index (χ0) is 4.41. The van der Waals surface area contributed by atoms with E-state index in [4.69, 9.17) is 0 Å². The first-order valence-corrected chi connectivity index (χ1v) is 2.83. The summed E-state index contributed by atoms with van der Waals surface area (Å²) in [5.74, 6) is 0. The van der Waals surface area contributed by atoms with Crippen LogP contribution in [0.15, 0.2) is 0 Å². The fraction of sp³-hybridized carbons (Fsp3) is 1.00. The van der Waals surface area contributed by atoms with Gasteiger partial charge < -0.3 is 5.32 Å². The topological polar surface area (TPSA) is 12.0 Å². The summed E-state index contributed by atoms with van der Waals surface area (Å²) in [4.78, 5) is 0. The Balaban J connectivity index is 0.000000360. The highest BCUT2D eigenvalue weighted by atomic mass is 35.5. The van der Waals surface area contributed by atoms with Crippen LogP contribution in [0.3, 0.4) is 0 Å². The highest BCUT2D eigenvalue weighted by Gasteiger charge is 2.06. The molecule has 0 aromatic carbocycles. The first-order chi connectivity index (χ1) is 2.89. The van der Waals surface area contributed by atoms with E-state index in [1.807, 2.05) is 0 Å².